The zero-order valence-electron chi connectivity index (χ0n) is 12.6. The van der Waals surface area contributed by atoms with Crippen LogP contribution in [0, 0.1) is 0 Å². The van der Waals surface area contributed by atoms with Gasteiger partial charge in [0.15, 0.2) is 11.5 Å². The van der Waals surface area contributed by atoms with Crippen molar-refractivity contribution >= 4 is 11.4 Å². The van der Waals surface area contributed by atoms with Crippen molar-refractivity contribution in [2.75, 3.05) is 31.1 Å². The van der Waals surface area contributed by atoms with Crippen molar-refractivity contribution in [3.05, 3.63) is 48.0 Å². The molecule has 1 atom stereocenters. The third kappa shape index (κ3) is 2.89. The highest BCUT2D eigenvalue weighted by Crippen LogP contribution is 2.35. The smallest absolute Gasteiger partial charge is 0.231 e. The Hall–Kier alpha value is -2.36. The topological polar surface area (TPSA) is 33.7 Å². The van der Waals surface area contributed by atoms with Gasteiger partial charge in [0.05, 0.1) is 0 Å². The normalized spacial score (nSPS) is 13.9. The molecule has 3 rings (SSSR count). The van der Waals surface area contributed by atoms with Crippen LogP contribution in [0.3, 0.4) is 0 Å². The number of nitrogens with one attached hydrogen (secondary N) is 1. The SMILES string of the molecule is CC(Nc1cccc(N(C)C)c1)c1ccc2c(c1)OCO2. The summed E-state index contributed by atoms with van der Waals surface area (Å²) in [6.45, 7) is 2.45. The van der Waals surface area contributed by atoms with Crippen LogP contribution in [0.25, 0.3) is 0 Å². The summed E-state index contributed by atoms with van der Waals surface area (Å²) in [5, 5.41) is 3.52. The molecule has 0 bridgehead atoms. The Bertz CT molecular complexity index is 640. The van der Waals surface area contributed by atoms with Gasteiger partial charge in [0.2, 0.25) is 6.79 Å². The van der Waals surface area contributed by atoms with Crippen LogP contribution in [-0.2, 0) is 0 Å². The summed E-state index contributed by atoms with van der Waals surface area (Å²) < 4.78 is 10.8. The molecular formula is C17H20N2O2. The molecule has 21 heavy (non-hydrogen) atoms. The van der Waals surface area contributed by atoms with Crippen LogP contribution in [0.2, 0.25) is 0 Å². The van der Waals surface area contributed by atoms with E-state index in [1.165, 1.54) is 11.3 Å². The van der Waals surface area contributed by atoms with E-state index in [1.54, 1.807) is 0 Å². The zero-order chi connectivity index (χ0) is 14.8. The number of benzene rings is 2. The van der Waals surface area contributed by atoms with E-state index in [-0.39, 0.29) is 6.04 Å². The zero-order valence-corrected chi connectivity index (χ0v) is 12.6. The highest BCUT2D eigenvalue weighted by molar-refractivity contribution is 5.58. The van der Waals surface area contributed by atoms with Crippen LogP contribution in [0.1, 0.15) is 18.5 Å². The van der Waals surface area contributed by atoms with E-state index in [4.69, 9.17) is 9.47 Å². The van der Waals surface area contributed by atoms with E-state index in [0.29, 0.717) is 6.79 Å². The molecule has 0 saturated heterocycles. The van der Waals surface area contributed by atoms with Crippen molar-refractivity contribution in [2.45, 2.75) is 13.0 Å². The summed E-state index contributed by atoms with van der Waals surface area (Å²) in [5.74, 6) is 1.64. The molecule has 1 aliphatic rings. The van der Waals surface area contributed by atoms with Gasteiger partial charge in [-0.25, -0.2) is 0 Å². The lowest BCUT2D eigenvalue weighted by Gasteiger charge is -2.18. The number of ether oxygens (including phenoxy) is 2. The number of fused-ring (bicyclic) bond motifs is 1. The van der Waals surface area contributed by atoms with Gasteiger partial charge in [0.1, 0.15) is 0 Å². The first-order chi connectivity index (χ1) is 10.1. The highest BCUT2D eigenvalue weighted by atomic mass is 16.7. The molecule has 4 heteroatoms. The van der Waals surface area contributed by atoms with Gasteiger partial charge in [0.25, 0.3) is 0 Å². The molecule has 110 valence electrons. The second-order valence-electron chi connectivity index (χ2n) is 5.42. The number of nitrogens with zero attached hydrogens (tertiary/aromatic N) is 1. The van der Waals surface area contributed by atoms with Crippen LogP contribution in [0.5, 0.6) is 11.5 Å². The van der Waals surface area contributed by atoms with Crippen LogP contribution in [0.4, 0.5) is 11.4 Å². The van der Waals surface area contributed by atoms with E-state index >= 15 is 0 Å². The lowest BCUT2D eigenvalue weighted by atomic mass is 10.1. The van der Waals surface area contributed by atoms with Crippen molar-refractivity contribution in [3.63, 3.8) is 0 Å². The first-order valence-corrected chi connectivity index (χ1v) is 7.07. The molecule has 1 unspecified atom stereocenters. The van der Waals surface area contributed by atoms with E-state index in [2.05, 4.69) is 47.5 Å². The molecule has 1 N–H and O–H groups in total. The molecule has 2 aromatic rings. The van der Waals surface area contributed by atoms with Crippen LogP contribution in [0.15, 0.2) is 42.5 Å². The molecular weight excluding hydrogens is 264 g/mol. The number of hydrogen-bond acceptors (Lipinski definition) is 4. The van der Waals surface area contributed by atoms with E-state index < -0.39 is 0 Å². The number of anilines is 2. The monoisotopic (exact) mass is 284 g/mol. The summed E-state index contributed by atoms with van der Waals surface area (Å²) in [6.07, 6.45) is 0. The molecule has 0 amide bonds. The Morgan fingerprint density at radius 3 is 2.67 bits per heavy atom. The fraction of sp³-hybridized carbons (Fsp3) is 0.294. The fourth-order valence-corrected chi connectivity index (χ4v) is 2.39. The van der Waals surface area contributed by atoms with Gasteiger partial charge < -0.3 is 19.7 Å². The summed E-state index contributed by atoms with van der Waals surface area (Å²) in [6, 6.07) is 14.6. The molecule has 0 aliphatic carbocycles. The molecule has 0 spiro atoms. The van der Waals surface area contributed by atoms with E-state index in [0.717, 1.165) is 17.2 Å². The average molecular weight is 284 g/mol. The largest absolute Gasteiger partial charge is 0.454 e. The maximum absolute atomic E-state index is 5.43. The minimum Gasteiger partial charge on any atom is -0.454 e. The average Bonchev–Trinajstić information content (AvgIpc) is 2.94. The second kappa shape index (κ2) is 5.56. The van der Waals surface area contributed by atoms with Gasteiger partial charge in [-0.1, -0.05) is 12.1 Å². The maximum atomic E-state index is 5.43. The molecule has 0 fully saturated rings. The minimum atomic E-state index is 0.192. The number of rotatable bonds is 4. The van der Waals surface area contributed by atoms with E-state index in [9.17, 15) is 0 Å². The Morgan fingerprint density at radius 2 is 1.86 bits per heavy atom. The van der Waals surface area contributed by atoms with Crippen molar-refractivity contribution in [3.8, 4) is 11.5 Å². The van der Waals surface area contributed by atoms with Crippen molar-refractivity contribution in [1.29, 1.82) is 0 Å². The standard InChI is InChI=1S/C17H20N2O2/c1-12(13-7-8-16-17(9-13)21-11-20-16)18-14-5-4-6-15(10-14)19(2)3/h4-10,12,18H,11H2,1-3H3. The van der Waals surface area contributed by atoms with Gasteiger partial charge in [-0.05, 0) is 42.8 Å². The third-order valence-corrected chi connectivity index (χ3v) is 3.64. The van der Waals surface area contributed by atoms with Crippen molar-refractivity contribution < 1.29 is 9.47 Å². The third-order valence-electron chi connectivity index (χ3n) is 3.64. The molecule has 4 nitrogen and oxygen atoms in total. The van der Waals surface area contributed by atoms with Crippen LogP contribution < -0.4 is 19.7 Å². The second-order valence-corrected chi connectivity index (χ2v) is 5.42. The molecule has 0 radical (unpaired) electrons. The first-order valence-electron chi connectivity index (χ1n) is 7.07. The van der Waals surface area contributed by atoms with Crippen molar-refractivity contribution in [2.24, 2.45) is 0 Å². The first kappa shape index (κ1) is 13.6. The van der Waals surface area contributed by atoms with E-state index in [1.807, 2.05) is 26.2 Å². The quantitative estimate of drug-likeness (QED) is 0.929. The number of hydrogen-bond donors (Lipinski definition) is 1. The lowest BCUT2D eigenvalue weighted by molar-refractivity contribution is 0.174. The van der Waals surface area contributed by atoms with Gasteiger partial charge in [0, 0.05) is 31.5 Å². The molecule has 0 saturated carbocycles. The minimum absolute atomic E-state index is 0.192. The molecule has 1 aliphatic heterocycles. The van der Waals surface area contributed by atoms with Gasteiger partial charge in [-0.15, -0.1) is 0 Å². The Kier molecular flexibility index (Phi) is 3.60. The Labute approximate surface area is 125 Å². The van der Waals surface area contributed by atoms with Gasteiger partial charge in [-0.3, -0.25) is 0 Å². The summed E-state index contributed by atoms with van der Waals surface area (Å²) in [5.41, 5.74) is 3.46. The predicted molar refractivity (Wildman–Crippen MR) is 85.4 cm³/mol. The Morgan fingerprint density at radius 1 is 1.05 bits per heavy atom. The molecule has 2 aromatic carbocycles. The lowest BCUT2D eigenvalue weighted by Crippen LogP contribution is -2.10. The fourth-order valence-electron chi connectivity index (χ4n) is 2.39. The predicted octanol–water partition coefficient (Wildman–Crippen LogP) is 3.65. The Balaban J connectivity index is 1.77. The summed E-state index contributed by atoms with van der Waals surface area (Å²) in [7, 11) is 4.08. The van der Waals surface area contributed by atoms with Crippen molar-refractivity contribution in [1.82, 2.24) is 0 Å². The maximum Gasteiger partial charge on any atom is 0.231 e. The summed E-state index contributed by atoms with van der Waals surface area (Å²) >= 11 is 0. The van der Waals surface area contributed by atoms with Crippen LogP contribution >= 0.6 is 0 Å². The van der Waals surface area contributed by atoms with Gasteiger partial charge >= 0.3 is 0 Å². The van der Waals surface area contributed by atoms with Crippen LogP contribution in [-0.4, -0.2) is 20.9 Å². The highest BCUT2D eigenvalue weighted by Gasteiger charge is 2.15. The van der Waals surface area contributed by atoms with Gasteiger partial charge in [-0.2, -0.15) is 0 Å². The molecule has 1 heterocycles. The summed E-state index contributed by atoms with van der Waals surface area (Å²) in [4.78, 5) is 2.09. The molecule has 0 aromatic heterocycles.